The molecule has 0 aliphatic rings. The minimum absolute atomic E-state index is 0.152. The van der Waals surface area contributed by atoms with E-state index in [-0.39, 0.29) is 5.56 Å². The monoisotopic (exact) mass is 383 g/mol. The van der Waals surface area contributed by atoms with Crippen LogP contribution in [0.2, 0.25) is 0 Å². The van der Waals surface area contributed by atoms with E-state index in [0.717, 1.165) is 14.8 Å². The Morgan fingerprint density at radius 1 is 1.25 bits per heavy atom. The van der Waals surface area contributed by atoms with Crippen LogP contribution in [0.5, 0.6) is 0 Å². The summed E-state index contributed by atoms with van der Waals surface area (Å²) in [5.41, 5.74) is 1.63. The van der Waals surface area contributed by atoms with E-state index in [4.69, 9.17) is 5.11 Å². The van der Waals surface area contributed by atoms with Crippen molar-refractivity contribution in [3.63, 3.8) is 0 Å². The number of nitrogens with zero attached hydrogens (tertiary/aromatic N) is 1. The lowest BCUT2D eigenvalue weighted by atomic mass is 10.1. The molecule has 0 aliphatic heterocycles. The van der Waals surface area contributed by atoms with Crippen molar-refractivity contribution in [2.75, 3.05) is 0 Å². The smallest absolute Gasteiger partial charge is 0.341 e. The maximum atomic E-state index is 12.3. The molecule has 20 heavy (non-hydrogen) atoms. The highest BCUT2D eigenvalue weighted by atomic mass is 127. The Morgan fingerprint density at radius 2 is 1.85 bits per heavy atom. The average molecular weight is 383 g/mol. The molecule has 1 aromatic heterocycles. The zero-order chi connectivity index (χ0) is 14.9. The van der Waals surface area contributed by atoms with Crippen LogP contribution in [0.1, 0.15) is 27.2 Å². The van der Waals surface area contributed by atoms with Crippen LogP contribution in [0.25, 0.3) is 0 Å². The SMILES string of the molecule is Cc1cc(C)n(Cc2ccc(I)cc2)c(=O)c1C(=O)O. The van der Waals surface area contributed by atoms with Crippen LogP contribution < -0.4 is 5.56 Å². The summed E-state index contributed by atoms with van der Waals surface area (Å²) in [4.78, 5) is 23.5. The lowest BCUT2D eigenvalue weighted by Crippen LogP contribution is -2.29. The molecule has 2 aromatic rings. The molecule has 0 amide bonds. The first-order chi connectivity index (χ1) is 9.40. The van der Waals surface area contributed by atoms with Crippen molar-refractivity contribution in [1.82, 2.24) is 4.57 Å². The van der Waals surface area contributed by atoms with Gasteiger partial charge in [0, 0.05) is 9.26 Å². The molecule has 1 N–H and O–H groups in total. The Bertz CT molecular complexity index is 717. The topological polar surface area (TPSA) is 59.3 Å². The number of hydrogen-bond acceptors (Lipinski definition) is 2. The Balaban J connectivity index is 2.52. The van der Waals surface area contributed by atoms with E-state index in [1.807, 2.05) is 31.2 Å². The van der Waals surface area contributed by atoms with Crippen molar-refractivity contribution in [2.45, 2.75) is 20.4 Å². The van der Waals surface area contributed by atoms with Gasteiger partial charge in [0.05, 0.1) is 6.54 Å². The molecule has 0 bridgehead atoms. The van der Waals surface area contributed by atoms with Crippen molar-refractivity contribution in [3.8, 4) is 0 Å². The lowest BCUT2D eigenvalue weighted by Gasteiger charge is -2.13. The summed E-state index contributed by atoms with van der Waals surface area (Å²) < 4.78 is 2.61. The zero-order valence-corrected chi connectivity index (χ0v) is 13.3. The minimum atomic E-state index is -1.18. The highest BCUT2D eigenvalue weighted by Gasteiger charge is 2.16. The van der Waals surface area contributed by atoms with Crippen molar-refractivity contribution < 1.29 is 9.90 Å². The molecule has 0 radical (unpaired) electrons. The number of aromatic nitrogens is 1. The van der Waals surface area contributed by atoms with Crippen molar-refractivity contribution in [1.29, 1.82) is 0 Å². The van der Waals surface area contributed by atoms with Crippen molar-refractivity contribution >= 4 is 28.6 Å². The Hall–Kier alpha value is -1.63. The number of aryl methyl sites for hydroxylation is 2. The Labute approximate surface area is 130 Å². The van der Waals surface area contributed by atoms with Gasteiger partial charge in [-0.1, -0.05) is 12.1 Å². The number of hydrogen-bond donors (Lipinski definition) is 1. The first-order valence-electron chi connectivity index (χ1n) is 6.09. The summed E-state index contributed by atoms with van der Waals surface area (Å²) in [6, 6.07) is 9.53. The normalized spacial score (nSPS) is 10.6. The number of carboxylic acids is 1. The second kappa shape index (κ2) is 5.78. The van der Waals surface area contributed by atoms with E-state index >= 15 is 0 Å². The van der Waals surface area contributed by atoms with Crippen LogP contribution in [-0.2, 0) is 6.54 Å². The van der Waals surface area contributed by atoms with E-state index in [0.29, 0.717) is 12.1 Å². The number of carboxylic acid groups (broad SMARTS) is 1. The molecule has 4 nitrogen and oxygen atoms in total. The van der Waals surface area contributed by atoms with E-state index < -0.39 is 11.5 Å². The van der Waals surface area contributed by atoms with Gasteiger partial charge in [-0.2, -0.15) is 0 Å². The second-order valence-corrected chi connectivity index (χ2v) is 5.91. The van der Waals surface area contributed by atoms with Crippen LogP contribution in [0.15, 0.2) is 35.1 Å². The van der Waals surface area contributed by atoms with Gasteiger partial charge in [-0.05, 0) is 65.8 Å². The predicted octanol–water partition coefficient (Wildman–Crippen LogP) is 2.82. The van der Waals surface area contributed by atoms with Gasteiger partial charge in [-0.15, -0.1) is 0 Å². The summed E-state index contributed by atoms with van der Waals surface area (Å²) in [6.07, 6.45) is 0. The van der Waals surface area contributed by atoms with E-state index in [2.05, 4.69) is 22.6 Å². The number of carbonyl (C=O) groups is 1. The fourth-order valence-corrected chi connectivity index (χ4v) is 2.52. The lowest BCUT2D eigenvalue weighted by molar-refractivity contribution is 0.0693. The molecule has 104 valence electrons. The fourth-order valence-electron chi connectivity index (χ4n) is 2.16. The molecule has 1 heterocycles. The molecule has 0 atom stereocenters. The first-order valence-corrected chi connectivity index (χ1v) is 7.17. The Kier molecular flexibility index (Phi) is 4.27. The van der Waals surface area contributed by atoms with Crippen LogP contribution in [-0.4, -0.2) is 15.6 Å². The molecular formula is C15H14INO3. The summed E-state index contributed by atoms with van der Waals surface area (Å²) in [6.45, 7) is 3.84. The predicted molar refractivity (Wildman–Crippen MR) is 85.4 cm³/mol. The molecule has 1 aromatic carbocycles. The van der Waals surface area contributed by atoms with E-state index in [9.17, 15) is 9.59 Å². The van der Waals surface area contributed by atoms with Gasteiger partial charge >= 0.3 is 5.97 Å². The molecular weight excluding hydrogens is 369 g/mol. The third-order valence-electron chi connectivity index (χ3n) is 3.17. The van der Waals surface area contributed by atoms with Gasteiger partial charge in [-0.25, -0.2) is 4.79 Å². The summed E-state index contributed by atoms with van der Waals surface area (Å²) in [7, 11) is 0. The quantitative estimate of drug-likeness (QED) is 0.830. The van der Waals surface area contributed by atoms with Crippen LogP contribution in [0, 0.1) is 17.4 Å². The van der Waals surface area contributed by atoms with Gasteiger partial charge in [-0.3, -0.25) is 4.79 Å². The molecule has 5 heteroatoms. The fraction of sp³-hybridized carbons (Fsp3) is 0.200. The maximum Gasteiger partial charge on any atom is 0.341 e. The molecule has 0 saturated heterocycles. The highest BCUT2D eigenvalue weighted by molar-refractivity contribution is 14.1. The zero-order valence-electron chi connectivity index (χ0n) is 11.2. The number of rotatable bonds is 3. The van der Waals surface area contributed by atoms with Crippen LogP contribution in [0.3, 0.4) is 0 Å². The molecule has 0 unspecified atom stereocenters. The van der Waals surface area contributed by atoms with E-state index in [1.54, 1.807) is 13.0 Å². The maximum absolute atomic E-state index is 12.3. The molecule has 0 saturated carbocycles. The third kappa shape index (κ3) is 2.92. The molecule has 2 rings (SSSR count). The van der Waals surface area contributed by atoms with Crippen LogP contribution >= 0.6 is 22.6 Å². The summed E-state index contributed by atoms with van der Waals surface area (Å²) in [5, 5.41) is 9.15. The highest BCUT2D eigenvalue weighted by Crippen LogP contribution is 2.11. The second-order valence-electron chi connectivity index (χ2n) is 4.67. The van der Waals surface area contributed by atoms with E-state index in [1.165, 1.54) is 4.57 Å². The molecule has 0 fully saturated rings. The van der Waals surface area contributed by atoms with Gasteiger partial charge in [0.25, 0.3) is 5.56 Å². The van der Waals surface area contributed by atoms with Crippen molar-refractivity contribution in [2.24, 2.45) is 0 Å². The number of halogens is 1. The first kappa shape index (κ1) is 14.8. The van der Waals surface area contributed by atoms with Crippen molar-refractivity contribution in [3.05, 3.63) is 66.6 Å². The molecule has 0 spiro atoms. The summed E-state index contributed by atoms with van der Waals surface area (Å²) >= 11 is 2.21. The van der Waals surface area contributed by atoms with Gasteiger partial charge in [0.1, 0.15) is 5.56 Å². The summed E-state index contributed by atoms with van der Waals surface area (Å²) in [5.74, 6) is -1.18. The number of pyridine rings is 1. The largest absolute Gasteiger partial charge is 0.477 e. The average Bonchev–Trinajstić information content (AvgIpc) is 2.36. The standard InChI is InChI=1S/C15H14INO3/c1-9-7-10(2)17(14(18)13(9)15(19)20)8-11-3-5-12(16)6-4-11/h3-7H,8H2,1-2H3,(H,19,20). The van der Waals surface area contributed by atoms with Gasteiger partial charge < -0.3 is 9.67 Å². The minimum Gasteiger partial charge on any atom is -0.477 e. The Morgan fingerprint density at radius 3 is 2.40 bits per heavy atom. The number of benzene rings is 1. The van der Waals surface area contributed by atoms with Gasteiger partial charge in [0.2, 0.25) is 0 Å². The number of aromatic carboxylic acids is 1. The molecule has 0 aliphatic carbocycles. The third-order valence-corrected chi connectivity index (χ3v) is 3.89. The van der Waals surface area contributed by atoms with Gasteiger partial charge in [0.15, 0.2) is 0 Å². The van der Waals surface area contributed by atoms with Crippen LogP contribution in [0.4, 0.5) is 0 Å².